The molecule has 0 radical (unpaired) electrons. The van der Waals surface area contributed by atoms with Crippen molar-refractivity contribution in [1.82, 2.24) is 10.6 Å². The van der Waals surface area contributed by atoms with Gasteiger partial charge in [0.15, 0.2) is 0 Å². The fourth-order valence-corrected chi connectivity index (χ4v) is 3.37. The molecule has 30 heavy (non-hydrogen) atoms. The molecule has 2 aromatic rings. The zero-order chi connectivity index (χ0) is 21.2. The summed E-state index contributed by atoms with van der Waals surface area (Å²) in [7, 11) is 0. The predicted octanol–water partition coefficient (Wildman–Crippen LogP) is 5.37. The van der Waals surface area contributed by atoms with E-state index < -0.39 is 0 Å². The summed E-state index contributed by atoms with van der Waals surface area (Å²) in [6.07, 6.45) is 11.9. The van der Waals surface area contributed by atoms with E-state index >= 15 is 0 Å². The third-order valence-corrected chi connectivity index (χ3v) is 4.96. The molecule has 1 amide bonds. The topological polar surface area (TPSA) is 50.4 Å². The van der Waals surface area contributed by atoms with Crippen LogP contribution in [0.25, 0.3) is 6.08 Å². The molecule has 1 saturated heterocycles. The molecule has 0 bridgehead atoms. The van der Waals surface area contributed by atoms with Gasteiger partial charge < -0.3 is 15.4 Å². The molecule has 0 atom stereocenters. The van der Waals surface area contributed by atoms with Gasteiger partial charge in [0.1, 0.15) is 11.9 Å². The van der Waals surface area contributed by atoms with Gasteiger partial charge in [0.25, 0.3) is 5.91 Å². The van der Waals surface area contributed by atoms with Crippen molar-refractivity contribution in [1.29, 1.82) is 0 Å². The summed E-state index contributed by atoms with van der Waals surface area (Å²) >= 11 is 5.97. The van der Waals surface area contributed by atoms with E-state index in [-0.39, 0.29) is 5.91 Å². The van der Waals surface area contributed by atoms with E-state index in [2.05, 4.69) is 10.6 Å². The fraction of sp³-hybridized carbons (Fsp3) is 0.240. The van der Waals surface area contributed by atoms with Crippen molar-refractivity contribution in [3.63, 3.8) is 0 Å². The second-order valence-corrected chi connectivity index (χ2v) is 7.52. The lowest BCUT2D eigenvalue weighted by molar-refractivity contribution is 0.0967. The number of amides is 1. The Labute approximate surface area is 183 Å². The standard InChI is InChI=1S/C25H27ClN2O2/c1-2-5-22(28-25(29)20-7-4-8-21(26)18-20)9-3-6-19-10-12-23(13-11-19)30-24-14-16-27-17-15-24/h2-13,18,24,27H,14-17H2,1H3,(H,28,29)/b5-2-,6-3+,22-9+. The van der Waals surface area contributed by atoms with Gasteiger partial charge in [-0.3, -0.25) is 4.79 Å². The number of allylic oxidation sites excluding steroid dienone is 4. The number of nitrogens with one attached hydrogen (secondary N) is 2. The third kappa shape index (κ3) is 6.90. The second-order valence-electron chi connectivity index (χ2n) is 7.08. The number of rotatable bonds is 7. The zero-order valence-electron chi connectivity index (χ0n) is 17.1. The summed E-state index contributed by atoms with van der Waals surface area (Å²) in [6.45, 7) is 3.94. The predicted molar refractivity (Wildman–Crippen MR) is 124 cm³/mol. The zero-order valence-corrected chi connectivity index (χ0v) is 17.9. The molecular formula is C25H27ClN2O2. The molecule has 0 aliphatic carbocycles. The normalized spacial score (nSPS) is 15.6. The van der Waals surface area contributed by atoms with Gasteiger partial charge in [-0.25, -0.2) is 0 Å². The minimum Gasteiger partial charge on any atom is -0.490 e. The molecule has 2 N–H and O–H groups in total. The first-order valence-electron chi connectivity index (χ1n) is 10.2. The number of ether oxygens (including phenoxy) is 1. The lowest BCUT2D eigenvalue weighted by Crippen LogP contribution is -2.34. The highest BCUT2D eigenvalue weighted by Gasteiger charge is 2.14. The molecule has 156 valence electrons. The number of halogens is 1. The first-order valence-corrected chi connectivity index (χ1v) is 10.6. The largest absolute Gasteiger partial charge is 0.490 e. The highest BCUT2D eigenvalue weighted by Crippen LogP contribution is 2.18. The number of carbonyl (C=O) groups excluding carboxylic acids is 1. The van der Waals surface area contributed by atoms with Crippen LogP contribution in [0.1, 0.15) is 35.7 Å². The maximum absolute atomic E-state index is 12.4. The molecule has 4 nitrogen and oxygen atoms in total. The van der Waals surface area contributed by atoms with Gasteiger partial charge in [-0.1, -0.05) is 48.0 Å². The number of carbonyl (C=O) groups is 1. The Bertz CT molecular complexity index is 926. The Morgan fingerprint density at radius 1 is 1.17 bits per heavy atom. The van der Waals surface area contributed by atoms with E-state index in [0.717, 1.165) is 37.2 Å². The molecule has 5 heteroatoms. The van der Waals surface area contributed by atoms with E-state index in [9.17, 15) is 4.79 Å². The van der Waals surface area contributed by atoms with Crippen LogP contribution in [0.3, 0.4) is 0 Å². The Morgan fingerprint density at radius 3 is 2.63 bits per heavy atom. The summed E-state index contributed by atoms with van der Waals surface area (Å²) in [5.74, 6) is 0.702. The molecule has 1 aliphatic heterocycles. The number of benzene rings is 2. The Hall–Kier alpha value is -2.82. The molecule has 1 aliphatic rings. The van der Waals surface area contributed by atoms with Gasteiger partial charge >= 0.3 is 0 Å². The van der Waals surface area contributed by atoms with Crippen molar-refractivity contribution in [3.8, 4) is 5.75 Å². The second kappa shape index (κ2) is 11.4. The van der Waals surface area contributed by atoms with Crippen molar-refractivity contribution >= 4 is 23.6 Å². The first-order chi connectivity index (χ1) is 14.6. The van der Waals surface area contributed by atoms with Gasteiger partial charge in [0, 0.05) is 16.3 Å². The van der Waals surface area contributed by atoms with Gasteiger partial charge in [0.05, 0.1) is 0 Å². The van der Waals surface area contributed by atoms with Crippen molar-refractivity contribution in [2.24, 2.45) is 0 Å². The highest BCUT2D eigenvalue weighted by molar-refractivity contribution is 6.31. The minimum absolute atomic E-state index is 0.199. The Balaban J connectivity index is 1.60. The van der Waals surface area contributed by atoms with Crippen LogP contribution in [0.2, 0.25) is 5.02 Å². The smallest absolute Gasteiger partial charge is 0.255 e. The summed E-state index contributed by atoms with van der Waals surface area (Å²) in [4.78, 5) is 12.4. The summed E-state index contributed by atoms with van der Waals surface area (Å²) in [5.41, 5.74) is 2.28. The Kier molecular flexibility index (Phi) is 8.30. The van der Waals surface area contributed by atoms with Crippen molar-refractivity contribution in [2.45, 2.75) is 25.9 Å². The van der Waals surface area contributed by atoms with Crippen LogP contribution in [0.5, 0.6) is 5.75 Å². The van der Waals surface area contributed by atoms with E-state index in [0.29, 0.717) is 22.4 Å². The van der Waals surface area contributed by atoms with Gasteiger partial charge in [-0.2, -0.15) is 0 Å². The average molecular weight is 423 g/mol. The molecular weight excluding hydrogens is 396 g/mol. The van der Waals surface area contributed by atoms with Crippen LogP contribution in [-0.2, 0) is 0 Å². The maximum atomic E-state index is 12.4. The van der Waals surface area contributed by atoms with E-state index in [1.165, 1.54) is 0 Å². The molecule has 1 fully saturated rings. The van der Waals surface area contributed by atoms with Crippen molar-refractivity contribution in [2.75, 3.05) is 13.1 Å². The van der Waals surface area contributed by atoms with E-state index in [1.54, 1.807) is 24.3 Å². The van der Waals surface area contributed by atoms with Gasteiger partial charge in [0.2, 0.25) is 0 Å². The quantitative estimate of drug-likeness (QED) is 0.589. The fourth-order valence-electron chi connectivity index (χ4n) is 3.18. The van der Waals surface area contributed by atoms with Crippen LogP contribution < -0.4 is 15.4 Å². The molecule has 0 unspecified atom stereocenters. The molecule has 0 aromatic heterocycles. The lowest BCUT2D eigenvalue weighted by Gasteiger charge is -2.23. The number of piperidine rings is 1. The highest BCUT2D eigenvalue weighted by atomic mass is 35.5. The lowest BCUT2D eigenvalue weighted by atomic mass is 10.1. The average Bonchev–Trinajstić information content (AvgIpc) is 2.76. The molecule has 1 heterocycles. The van der Waals surface area contributed by atoms with Crippen LogP contribution in [0, 0.1) is 0 Å². The molecule has 2 aromatic carbocycles. The van der Waals surface area contributed by atoms with Gasteiger partial charge in [-0.05, 0) is 80.9 Å². The van der Waals surface area contributed by atoms with Crippen molar-refractivity contribution in [3.05, 3.63) is 94.7 Å². The van der Waals surface area contributed by atoms with Crippen LogP contribution in [0.15, 0.2) is 78.5 Å². The number of hydrogen-bond donors (Lipinski definition) is 2. The van der Waals surface area contributed by atoms with E-state index in [4.69, 9.17) is 16.3 Å². The van der Waals surface area contributed by atoms with E-state index in [1.807, 2.05) is 61.6 Å². The summed E-state index contributed by atoms with van der Waals surface area (Å²) in [5, 5.41) is 6.78. The SMILES string of the molecule is C\C=C/C(=C\C=C\c1ccc(OC2CCNCC2)cc1)NC(=O)c1cccc(Cl)c1. The van der Waals surface area contributed by atoms with Gasteiger partial charge in [-0.15, -0.1) is 0 Å². The third-order valence-electron chi connectivity index (χ3n) is 4.72. The first kappa shape index (κ1) is 21.9. The summed E-state index contributed by atoms with van der Waals surface area (Å²) < 4.78 is 6.04. The Morgan fingerprint density at radius 2 is 1.93 bits per heavy atom. The molecule has 3 rings (SSSR count). The van der Waals surface area contributed by atoms with Crippen LogP contribution in [-0.4, -0.2) is 25.1 Å². The number of hydrogen-bond acceptors (Lipinski definition) is 3. The van der Waals surface area contributed by atoms with Crippen LogP contribution >= 0.6 is 11.6 Å². The summed E-state index contributed by atoms with van der Waals surface area (Å²) in [6, 6.07) is 14.9. The minimum atomic E-state index is -0.199. The monoisotopic (exact) mass is 422 g/mol. The van der Waals surface area contributed by atoms with Crippen molar-refractivity contribution < 1.29 is 9.53 Å². The maximum Gasteiger partial charge on any atom is 0.255 e. The molecule has 0 spiro atoms. The molecule has 0 saturated carbocycles. The van der Waals surface area contributed by atoms with Crippen LogP contribution in [0.4, 0.5) is 0 Å².